The van der Waals surface area contributed by atoms with E-state index in [1.807, 2.05) is 12.2 Å². The van der Waals surface area contributed by atoms with E-state index >= 15 is 0 Å². The van der Waals surface area contributed by atoms with Crippen molar-refractivity contribution >= 4 is 11.9 Å². The van der Waals surface area contributed by atoms with E-state index in [9.17, 15) is 14.7 Å². The van der Waals surface area contributed by atoms with Crippen molar-refractivity contribution in [2.24, 2.45) is 0 Å². The van der Waals surface area contributed by atoms with Gasteiger partial charge in [-0.15, -0.1) is 0 Å². The topological polar surface area (TPSA) is 76.1 Å². The van der Waals surface area contributed by atoms with Crippen LogP contribution < -0.4 is 0 Å². The number of nitrogens with zero attached hydrogens (tertiary/aromatic N) is 1. The molecule has 0 atom stereocenters. The summed E-state index contributed by atoms with van der Waals surface area (Å²) in [4.78, 5) is 28.1. The lowest BCUT2D eigenvalue weighted by atomic mass is 9.99. The zero-order valence-corrected chi connectivity index (χ0v) is 42.9. The Labute approximate surface area is 393 Å². The average Bonchev–Trinajstić information content (AvgIpc) is 3.28. The molecule has 0 aromatic heterocycles. The Morgan fingerprint density at radius 3 is 0.905 bits per heavy atom. The Bertz CT molecular complexity index is 948. The molecule has 0 aromatic carbocycles. The second kappa shape index (κ2) is 51.3. The number of ether oxygens (including phenoxy) is 2. The van der Waals surface area contributed by atoms with Crippen molar-refractivity contribution in [1.29, 1.82) is 0 Å². The van der Waals surface area contributed by atoms with Crippen molar-refractivity contribution < 1.29 is 24.2 Å². The van der Waals surface area contributed by atoms with E-state index in [4.69, 9.17) is 9.47 Å². The fourth-order valence-corrected chi connectivity index (χ4v) is 8.75. The standard InChI is InChI=1S/C57H109NO5/c1-5-9-13-17-21-23-27-35-44-54(42-33-25-19-15-11-7-3)52-56(60)62-50-39-31-29-37-46-58(48-41-49-59)47-38-30-32-40-51-63-57(61)53-55(43-34-26-20-16-12-8-4)45-36-28-24-22-18-14-10-6-2/h52-53,59H,5-51H2,1-4H3/b54-52+,55-53?. The molecular weight excluding hydrogens is 779 g/mol. The van der Waals surface area contributed by atoms with E-state index in [0.29, 0.717) is 13.2 Å². The number of allylic oxidation sites excluding steroid dienone is 2. The molecule has 0 fully saturated rings. The molecule has 0 aromatic rings. The summed E-state index contributed by atoms with van der Waals surface area (Å²) in [6, 6.07) is 0. The Balaban J connectivity index is 4.46. The lowest BCUT2D eigenvalue weighted by Crippen LogP contribution is -2.28. The van der Waals surface area contributed by atoms with Gasteiger partial charge in [0.2, 0.25) is 0 Å². The molecule has 0 aliphatic rings. The van der Waals surface area contributed by atoms with Gasteiger partial charge >= 0.3 is 11.9 Å². The fraction of sp³-hybridized carbons (Fsp3) is 0.895. The Morgan fingerprint density at radius 1 is 0.349 bits per heavy atom. The van der Waals surface area contributed by atoms with Gasteiger partial charge in [-0.2, -0.15) is 0 Å². The van der Waals surface area contributed by atoms with Crippen molar-refractivity contribution in [2.75, 3.05) is 39.5 Å². The summed E-state index contributed by atoms with van der Waals surface area (Å²) in [5.74, 6) is -0.281. The first kappa shape index (κ1) is 61.3. The molecule has 6 nitrogen and oxygen atoms in total. The predicted molar refractivity (Wildman–Crippen MR) is 274 cm³/mol. The molecule has 6 heteroatoms. The van der Waals surface area contributed by atoms with Gasteiger partial charge in [-0.25, -0.2) is 9.59 Å². The third-order valence-corrected chi connectivity index (χ3v) is 12.9. The van der Waals surface area contributed by atoms with Gasteiger partial charge in [0.15, 0.2) is 0 Å². The summed E-state index contributed by atoms with van der Waals surface area (Å²) in [7, 11) is 0. The average molecular weight is 889 g/mol. The number of rotatable bonds is 51. The molecule has 0 heterocycles. The summed E-state index contributed by atoms with van der Waals surface area (Å²) in [5, 5.41) is 9.49. The van der Waals surface area contributed by atoms with E-state index in [1.165, 1.54) is 191 Å². The molecule has 0 aliphatic carbocycles. The van der Waals surface area contributed by atoms with Crippen LogP contribution in [0.15, 0.2) is 23.3 Å². The molecule has 0 rings (SSSR count). The highest BCUT2D eigenvalue weighted by Crippen LogP contribution is 2.21. The quantitative estimate of drug-likeness (QED) is 0.0373. The molecular formula is C57H109NO5. The van der Waals surface area contributed by atoms with Crippen LogP contribution in [0, 0.1) is 0 Å². The first-order valence-corrected chi connectivity index (χ1v) is 28.1. The highest BCUT2D eigenvalue weighted by Gasteiger charge is 2.09. The van der Waals surface area contributed by atoms with Crippen molar-refractivity contribution in [3.05, 3.63) is 23.3 Å². The van der Waals surface area contributed by atoms with Crippen LogP contribution >= 0.6 is 0 Å². The fourth-order valence-electron chi connectivity index (χ4n) is 8.75. The second-order valence-electron chi connectivity index (χ2n) is 19.2. The minimum Gasteiger partial charge on any atom is -0.463 e. The minimum absolute atomic E-state index is 0.141. The van der Waals surface area contributed by atoms with E-state index in [2.05, 4.69) is 32.6 Å². The van der Waals surface area contributed by atoms with Crippen LogP contribution in [0.25, 0.3) is 0 Å². The van der Waals surface area contributed by atoms with Crippen molar-refractivity contribution in [1.82, 2.24) is 4.90 Å². The smallest absolute Gasteiger partial charge is 0.330 e. The minimum atomic E-state index is -0.141. The van der Waals surface area contributed by atoms with Crippen LogP contribution in [0.2, 0.25) is 0 Å². The zero-order valence-electron chi connectivity index (χ0n) is 42.9. The number of aliphatic hydroxyl groups is 1. The number of esters is 2. The molecule has 0 bridgehead atoms. The third-order valence-electron chi connectivity index (χ3n) is 12.9. The summed E-state index contributed by atoms with van der Waals surface area (Å²) >= 11 is 0. The van der Waals surface area contributed by atoms with Crippen LogP contribution in [0.3, 0.4) is 0 Å². The molecule has 1 N–H and O–H groups in total. The highest BCUT2D eigenvalue weighted by atomic mass is 16.5. The molecule has 0 saturated carbocycles. The number of carbonyl (C=O) groups excluding carboxylic acids is 2. The second-order valence-corrected chi connectivity index (χ2v) is 19.2. The monoisotopic (exact) mass is 888 g/mol. The van der Waals surface area contributed by atoms with Crippen molar-refractivity contribution in [2.45, 2.75) is 291 Å². The first-order valence-electron chi connectivity index (χ1n) is 28.1. The van der Waals surface area contributed by atoms with Crippen molar-refractivity contribution in [3.63, 3.8) is 0 Å². The Hall–Kier alpha value is -1.66. The maximum Gasteiger partial charge on any atom is 0.330 e. The van der Waals surface area contributed by atoms with Gasteiger partial charge in [-0.3, -0.25) is 0 Å². The van der Waals surface area contributed by atoms with Crippen LogP contribution in [-0.4, -0.2) is 61.4 Å². The number of hydrogen-bond donors (Lipinski definition) is 1. The van der Waals surface area contributed by atoms with Crippen LogP contribution in [0.1, 0.15) is 291 Å². The number of unbranched alkanes of at least 4 members (excludes halogenated alkanes) is 30. The number of carbonyl (C=O) groups is 2. The lowest BCUT2D eigenvalue weighted by molar-refractivity contribution is -0.138. The van der Waals surface area contributed by atoms with Crippen molar-refractivity contribution in [3.8, 4) is 0 Å². The summed E-state index contributed by atoms with van der Waals surface area (Å²) < 4.78 is 11.4. The SMILES string of the molecule is CCCCCCCCCCC(=CC(=O)OCCCCCCN(CCCO)CCCCCCOC(=O)/C=C(\CCCCCCCC)CCCCCCCCCC)CCCCCCCC. The molecule has 0 radical (unpaired) electrons. The zero-order chi connectivity index (χ0) is 45.9. The summed E-state index contributed by atoms with van der Waals surface area (Å²) in [6.07, 6.45) is 53.5. The van der Waals surface area contributed by atoms with Crippen LogP contribution in [0.5, 0.6) is 0 Å². The maximum atomic E-state index is 12.8. The Kier molecular flexibility index (Phi) is 50.0. The van der Waals surface area contributed by atoms with Crippen LogP contribution in [-0.2, 0) is 19.1 Å². The van der Waals surface area contributed by atoms with Gasteiger partial charge in [-0.1, -0.05) is 219 Å². The molecule has 63 heavy (non-hydrogen) atoms. The third kappa shape index (κ3) is 46.7. The predicted octanol–water partition coefficient (Wildman–Crippen LogP) is 17.3. The van der Waals surface area contributed by atoms with E-state index in [1.54, 1.807) is 0 Å². The molecule has 0 aliphatic heterocycles. The van der Waals surface area contributed by atoms with Gasteiger partial charge in [0.05, 0.1) is 13.2 Å². The van der Waals surface area contributed by atoms with Gasteiger partial charge in [-0.05, 0) is 96.6 Å². The van der Waals surface area contributed by atoms with E-state index in [0.717, 1.165) is 103 Å². The molecule has 0 saturated heterocycles. The molecule has 372 valence electrons. The number of hydrogen-bond acceptors (Lipinski definition) is 6. The first-order chi connectivity index (χ1) is 31.0. The maximum absolute atomic E-state index is 12.8. The van der Waals surface area contributed by atoms with Gasteiger partial charge in [0.1, 0.15) is 0 Å². The lowest BCUT2D eigenvalue weighted by Gasteiger charge is -2.22. The van der Waals surface area contributed by atoms with Crippen LogP contribution in [0.4, 0.5) is 0 Å². The highest BCUT2D eigenvalue weighted by molar-refractivity contribution is 5.83. The normalized spacial score (nSPS) is 12.2. The Morgan fingerprint density at radius 2 is 0.603 bits per heavy atom. The van der Waals surface area contributed by atoms with E-state index in [-0.39, 0.29) is 18.5 Å². The summed E-state index contributed by atoms with van der Waals surface area (Å²) in [6.45, 7) is 13.4. The van der Waals surface area contributed by atoms with Gasteiger partial charge < -0.3 is 19.5 Å². The summed E-state index contributed by atoms with van der Waals surface area (Å²) in [5.41, 5.74) is 2.60. The molecule has 0 amide bonds. The van der Waals surface area contributed by atoms with Gasteiger partial charge in [0.25, 0.3) is 0 Å². The van der Waals surface area contributed by atoms with Gasteiger partial charge in [0, 0.05) is 25.3 Å². The number of aliphatic hydroxyl groups excluding tert-OH is 1. The molecule has 0 spiro atoms. The van der Waals surface area contributed by atoms with E-state index < -0.39 is 0 Å². The largest absolute Gasteiger partial charge is 0.463 e. The molecule has 0 unspecified atom stereocenters.